The maximum absolute atomic E-state index is 14.2. The van der Waals surface area contributed by atoms with E-state index in [2.05, 4.69) is 27.5 Å². The normalized spacial score (nSPS) is 11.2. The Hall–Kier alpha value is -2.63. The summed E-state index contributed by atoms with van der Waals surface area (Å²) in [4.78, 5) is 8.39. The van der Waals surface area contributed by atoms with Crippen molar-refractivity contribution in [1.29, 1.82) is 0 Å². The van der Waals surface area contributed by atoms with Crippen molar-refractivity contribution in [2.75, 3.05) is 13.1 Å². The van der Waals surface area contributed by atoms with E-state index in [0.29, 0.717) is 12.3 Å². The zero-order valence-corrected chi connectivity index (χ0v) is 14.1. The lowest BCUT2D eigenvalue weighted by atomic mass is 10.2. The van der Waals surface area contributed by atoms with E-state index < -0.39 is 5.82 Å². The highest BCUT2D eigenvalue weighted by molar-refractivity contribution is 5.79. The molecule has 0 radical (unpaired) electrons. The number of aromatic nitrogens is 1. The molecule has 0 atom stereocenters. The summed E-state index contributed by atoms with van der Waals surface area (Å²) in [5, 5.41) is 6.37. The number of halogens is 1. The zero-order chi connectivity index (χ0) is 17.2. The van der Waals surface area contributed by atoms with Crippen molar-refractivity contribution in [1.82, 2.24) is 15.6 Å². The van der Waals surface area contributed by atoms with Gasteiger partial charge in [-0.15, -0.1) is 0 Å². The van der Waals surface area contributed by atoms with Crippen molar-refractivity contribution >= 4 is 5.96 Å². The molecule has 2 rings (SSSR count). The Morgan fingerprint density at radius 3 is 2.79 bits per heavy atom. The first-order valence-corrected chi connectivity index (χ1v) is 8.11. The van der Waals surface area contributed by atoms with Gasteiger partial charge in [-0.25, -0.2) is 9.38 Å². The molecule has 1 heterocycles. The van der Waals surface area contributed by atoms with Gasteiger partial charge in [0.05, 0.1) is 12.7 Å². The van der Waals surface area contributed by atoms with E-state index in [1.165, 1.54) is 6.07 Å². The summed E-state index contributed by atoms with van der Waals surface area (Å²) in [5.74, 6) is 0.987. The summed E-state index contributed by atoms with van der Waals surface area (Å²) in [5.41, 5.74) is 0.778. The highest BCUT2D eigenvalue weighted by Crippen LogP contribution is 2.24. The fraction of sp³-hybridized carbons (Fsp3) is 0.333. The summed E-state index contributed by atoms with van der Waals surface area (Å²) in [7, 11) is 0. The lowest BCUT2D eigenvalue weighted by Gasteiger charge is -2.11. The lowest BCUT2D eigenvalue weighted by Crippen LogP contribution is -2.37. The van der Waals surface area contributed by atoms with E-state index in [4.69, 9.17) is 4.74 Å². The molecular weight excluding hydrogens is 307 g/mol. The lowest BCUT2D eigenvalue weighted by molar-refractivity contribution is 0.440. The van der Waals surface area contributed by atoms with E-state index in [1.807, 2.05) is 13.0 Å². The average molecular weight is 330 g/mol. The largest absolute Gasteiger partial charge is 0.453 e. The molecule has 0 spiro atoms. The van der Waals surface area contributed by atoms with E-state index in [0.717, 1.165) is 31.0 Å². The molecule has 2 N–H and O–H groups in total. The van der Waals surface area contributed by atoms with Gasteiger partial charge in [-0.05, 0) is 43.2 Å². The van der Waals surface area contributed by atoms with Crippen LogP contribution in [0.4, 0.5) is 4.39 Å². The standard InChI is InChI=1S/C18H23FN4O/c1-3-9-22-18(21-4-2)23-12-14-7-8-17(16(19)11-14)24-15-6-5-10-20-13-15/h5-8,10-11,13H,3-4,9,12H2,1-2H3,(H2,21,22,23). The van der Waals surface area contributed by atoms with Crippen LogP contribution in [0, 0.1) is 5.82 Å². The number of pyridine rings is 1. The maximum Gasteiger partial charge on any atom is 0.191 e. The smallest absolute Gasteiger partial charge is 0.191 e. The number of aliphatic imine (C=N–C) groups is 1. The first-order valence-electron chi connectivity index (χ1n) is 8.11. The minimum Gasteiger partial charge on any atom is -0.453 e. The number of nitrogens with one attached hydrogen (secondary N) is 2. The molecule has 0 amide bonds. The molecule has 0 bridgehead atoms. The van der Waals surface area contributed by atoms with Crippen molar-refractivity contribution in [2.45, 2.75) is 26.8 Å². The summed E-state index contributed by atoms with van der Waals surface area (Å²) in [6, 6.07) is 8.33. The number of hydrogen-bond donors (Lipinski definition) is 2. The third kappa shape index (κ3) is 5.53. The Labute approximate surface area is 142 Å². The van der Waals surface area contributed by atoms with Crippen molar-refractivity contribution < 1.29 is 9.13 Å². The van der Waals surface area contributed by atoms with Crippen LogP contribution < -0.4 is 15.4 Å². The fourth-order valence-corrected chi connectivity index (χ4v) is 2.02. The van der Waals surface area contributed by atoms with Gasteiger partial charge >= 0.3 is 0 Å². The first-order chi connectivity index (χ1) is 11.7. The van der Waals surface area contributed by atoms with Crippen LogP contribution in [0.1, 0.15) is 25.8 Å². The number of nitrogens with zero attached hydrogens (tertiary/aromatic N) is 2. The predicted molar refractivity (Wildman–Crippen MR) is 93.8 cm³/mol. The number of hydrogen-bond acceptors (Lipinski definition) is 3. The van der Waals surface area contributed by atoms with Gasteiger partial charge < -0.3 is 15.4 Å². The van der Waals surface area contributed by atoms with Crippen molar-refractivity contribution in [3.05, 3.63) is 54.1 Å². The average Bonchev–Trinajstić information content (AvgIpc) is 2.60. The van der Waals surface area contributed by atoms with Crippen LogP contribution in [0.25, 0.3) is 0 Å². The van der Waals surface area contributed by atoms with E-state index in [1.54, 1.807) is 30.6 Å². The van der Waals surface area contributed by atoms with Crippen LogP contribution >= 0.6 is 0 Å². The summed E-state index contributed by atoms with van der Waals surface area (Å²) >= 11 is 0. The number of ether oxygens (including phenoxy) is 1. The Bertz CT molecular complexity index is 661. The fourth-order valence-electron chi connectivity index (χ4n) is 2.02. The van der Waals surface area contributed by atoms with Crippen LogP contribution in [0.2, 0.25) is 0 Å². The van der Waals surface area contributed by atoms with Gasteiger partial charge in [0.15, 0.2) is 17.5 Å². The Balaban J connectivity index is 2.03. The highest BCUT2D eigenvalue weighted by Gasteiger charge is 2.06. The van der Waals surface area contributed by atoms with E-state index in [-0.39, 0.29) is 5.75 Å². The summed E-state index contributed by atoms with van der Waals surface area (Å²) < 4.78 is 19.7. The molecule has 24 heavy (non-hydrogen) atoms. The van der Waals surface area contributed by atoms with Crippen molar-refractivity contribution in [2.24, 2.45) is 4.99 Å². The predicted octanol–water partition coefficient (Wildman–Crippen LogP) is 3.48. The Morgan fingerprint density at radius 1 is 1.25 bits per heavy atom. The monoisotopic (exact) mass is 330 g/mol. The van der Waals surface area contributed by atoms with Crippen molar-refractivity contribution in [3.63, 3.8) is 0 Å². The molecule has 6 heteroatoms. The molecule has 0 saturated heterocycles. The molecule has 1 aromatic carbocycles. The van der Waals surface area contributed by atoms with E-state index in [9.17, 15) is 4.39 Å². The van der Waals surface area contributed by atoms with Crippen LogP contribution in [-0.2, 0) is 6.54 Å². The van der Waals surface area contributed by atoms with Crippen LogP contribution in [-0.4, -0.2) is 24.0 Å². The second kappa shape index (κ2) is 9.50. The zero-order valence-electron chi connectivity index (χ0n) is 14.1. The van der Waals surface area contributed by atoms with Crippen molar-refractivity contribution in [3.8, 4) is 11.5 Å². The minimum absolute atomic E-state index is 0.173. The number of guanidine groups is 1. The molecule has 2 aromatic rings. The molecule has 0 unspecified atom stereocenters. The molecule has 128 valence electrons. The third-order valence-electron chi connectivity index (χ3n) is 3.16. The van der Waals surface area contributed by atoms with Gasteiger partial charge in [0.2, 0.25) is 0 Å². The molecule has 0 aliphatic carbocycles. The first kappa shape index (κ1) is 17.7. The Kier molecular flexibility index (Phi) is 7.01. The van der Waals surface area contributed by atoms with Crippen LogP contribution in [0.15, 0.2) is 47.7 Å². The van der Waals surface area contributed by atoms with Gasteiger partial charge in [-0.1, -0.05) is 13.0 Å². The van der Waals surface area contributed by atoms with Gasteiger partial charge in [-0.2, -0.15) is 0 Å². The minimum atomic E-state index is -0.418. The molecule has 0 saturated carbocycles. The van der Waals surface area contributed by atoms with Gasteiger partial charge in [0.1, 0.15) is 5.75 Å². The second-order valence-electron chi connectivity index (χ2n) is 5.18. The van der Waals surface area contributed by atoms with Gasteiger partial charge in [-0.3, -0.25) is 4.98 Å². The molecule has 0 aliphatic heterocycles. The topological polar surface area (TPSA) is 58.5 Å². The summed E-state index contributed by atoms with van der Waals surface area (Å²) in [6.45, 7) is 6.11. The number of benzene rings is 1. The molecule has 1 aromatic heterocycles. The number of rotatable bonds is 7. The Morgan fingerprint density at radius 2 is 2.12 bits per heavy atom. The summed E-state index contributed by atoms with van der Waals surface area (Å²) in [6.07, 6.45) is 4.19. The second-order valence-corrected chi connectivity index (χ2v) is 5.18. The molecule has 5 nitrogen and oxygen atoms in total. The maximum atomic E-state index is 14.2. The molecule has 0 fully saturated rings. The highest BCUT2D eigenvalue weighted by atomic mass is 19.1. The van der Waals surface area contributed by atoms with Gasteiger partial charge in [0, 0.05) is 19.3 Å². The third-order valence-corrected chi connectivity index (χ3v) is 3.16. The quantitative estimate of drug-likeness (QED) is 0.603. The SMILES string of the molecule is CCCNC(=NCc1ccc(Oc2cccnc2)c(F)c1)NCC. The molecular formula is C18H23FN4O. The van der Waals surface area contributed by atoms with Crippen LogP contribution in [0.5, 0.6) is 11.5 Å². The van der Waals surface area contributed by atoms with Crippen LogP contribution in [0.3, 0.4) is 0 Å². The molecule has 0 aliphatic rings. The van der Waals surface area contributed by atoms with Gasteiger partial charge in [0.25, 0.3) is 0 Å². The van der Waals surface area contributed by atoms with E-state index >= 15 is 0 Å².